The van der Waals surface area contributed by atoms with Crippen molar-refractivity contribution in [1.82, 2.24) is 19.7 Å². The Labute approximate surface area is 157 Å². The van der Waals surface area contributed by atoms with Gasteiger partial charge in [0.2, 0.25) is 0 Å². The van der Waals surface area contributed by atoms with Gasteiger partial charge in [-0.2, -0.15) is 0 Å². The Balaban J connectivity index is 1.32. The maximum absolute atomic E-state index is 12.5. The predicted molar refractivity (Wildman–Crippen MR) is 100 cm³/mol. The van der Waals surface area contributed by atoms with Gasteiger partial charge in [0.1, 0.15) is 6.10 Å². The second-order valence-electron chi connectivity index (χ2n) is 6.70. The summed E-state index contributed by atoms with van der Waals surface area (Å²) in [5, 5.41) is 3.14. The van der Waals surface area contributed by atoms with Crippen molar-refractivity contribution in [1.29, 1.82) is 0 Å². The molecule has 1 aliphatic carbocycles. The van der Waals surface area contributed by atoms with Crippen LogP contribution in [0.25, 0.3) is 5.52 Å². The molecule has 1 saturated carbocycles. The Bertz CT molecular complexity index is 899. The molecule has 1 aliphatic rings. The zero-order chi connectivity index (χ0) is 18.6. The third-order valence-electron chi connectivity index (χ3n) is 4.88. The van der Waals surface area contributed by atoms with Crippen LogP contribution >= 0.6 is 0 Å². The lowest BCUT2D eigenvalue weighted by Gasteiger charge is -2.29. The minimum Gasteiger partial charge on any atom is -0.477 e. The summed E-state index contributed by atoms with van der Waals surface area (Å²) in [7, 11) is 1.55. The first-order chi connectivity index (χ1) is 13.2. The topological polar surface area (TPSA) is 77.8 Å². The van der Waals surface area contributed by atoms with Crippen LogP contribution in [0.2, 0.25) is 0 Å². The van der Waals surface area contributed by atoms with Gasteiger partial charge in [-0.15, -0.1) is 0 Å². The van der Waals surface area contributed by atoms with Gasteiger partial charge < -0.3 is 19.2 Å². The molecule has 27 heavy (non-hydrogen) atoms. The van der Waals surface area contributed by atoms with Gasteiger partial charge in [0.15, 0.2) is 0 Å². The number of rotatable bonds is 5. The SMILES string of the molecule is COc1nccnc1OC1CCC(NC(=O)c2cc3ccccn3c2)CC1. The molecule has 0 spiro atoms. The van der Waals surface area contributed by atoms with E-state index in [4.69, 9.17) is 9.47 Å². The number of hydrogen-bond donors (Lipinski definition) is 1. The van der Waals surface area contributed by atoms with Crippen molar-refractivity contribution in [2.24, 2.45) is 0 Å². The normalized spacial score (nSPS) is 19.6. The van der Waals surface area contributed by atoms with Crippen LogP contribution in [0, 0.1) is 0 Å². The lowest BCUT2D eigenvalue weighted by Crippen LogP contribution is -2.39. The van der Waals surface area contributed by atoms with Crippen LogP contribution in [0.4, 0.5) is 0 Å². The van der Waals surface area contributed by atoms with Crippen molar-refractivity contribution in [2.75, 3.05) is 7.11 Å². The number of nitrogens with zero attached hydrogens (tertiary/aromatic N) is 3. The van der Waals surface area contributed by atoms with E-state index in [1.807, 2.05) is 41.1 Å². The first kappa shape index (κ1) is 17.3. The molecule has 3 aromatic heterocycles. The monoisotopic (exact) mass is 366 g/mol. The second kappa shape index (κ2) is 7.65. The van der Waals surface area contributed by atoms with Crippen LogP contribution in [0.15, 0.2) is 49.1 Å². The Morgan fingerprint density at radius 3 is 2.67 bits per heavy atom. The van der Waals surface area contributed by atoms with Gasteiger partial charge in [-0.1, -0.05) is 6.07 Å². The van der Waals surface area contributed by atoms with Gasteiger partial charge in [0.05, 0.1) is 12.7 Å². The van der Waals surface area contributed by atoms with Crippen LogP contribution in [0.1, 0.15) is 36.0 Å². The molecule has 1 amide bonds. The van der Waals surface area contributed by atoms with Crippen molar-refractivity contribution in [3.8, 4) is 11.8 Å². The smallest absolute Gasteiger partial charge is 0.278 e. The fraction of sp³-hybridized carbons (Fsp3) is 0.350. The van der Waals surface area contributed by atoms with E-state index in [0.29, 0.717) is 17.3 Å². The van der Waals surface area contributed by atoms with Crippen LogP contribution < -0.4 is 14.8 Å². The van der Waals surface area contributed by atoms with Crippen LogP contribution in [-0.2, 0) is 0 Å². The fourth-order valence-electron chi connectivity index (χ4n) is 3.46. The van der Waals surface area contributed by atoms with Gasteiger partial charge in [-0.05, 0) is 43.9 Å². The average Bonchev–Trinajstić information content (AvgIpc) is 3.14. The number of hydrogen-bond acceptors (Lipinski definition) is 5. The van der Waals surface area contributed by atoms with Crippen molar-refractivity contribution in [3.63, 3.8) is 0 Å². The van der Waals surface area contributed by atoms with Gasteiger partial charge >= 0.3 is 0 Å². The molecule has 0 unspecified atom stereocenters. The maximum atomic E-state index is 12.5. The van der Waals surface area contributed by atoms with Crippen LogP contribution in [0.3, 0.4) is 0 Å². The van der Waals surface area contributed by atoms with Gasteiger partial charge in [-0.25, -0.2) is 9.97 Å². The Morgan fingerprint density at radius 2 is 1.93 bits per heavy atom. The first-order valence-electron chi connectivity index (χ1n) is 9.12. The Hall–Kier alpha value is -3.09. The van der Waals surface area contributed by atoms with E-state index >= 15 is 0 Å². The molecule has 3 heterocycles. The molecular weight excluding hydrogens is 344 g/mol. The lowest BCUT2D eigenvalue weighted by atomic mass is 9.93. The van der Waals surface area contributed by atoms with Crippen molar-refractivity contribution < 1.29 is 14.3 Å². The minimum atomic E-state index is -0.0290. The fourth-order valence-corrected chi connectivity index (χ4v) is 3.46. The summed E-state index contributed by atoms with van der Waals surface area (Å²) in [6.45, 7) is 0. The van der Waals surface area contributed by atoms with Crippen molar-refractivity contribution in [3.05, 3.63) is 54.6 Å². The molecule has 4 rings (SSSR count). The van der Waals surface area contributed by atoms with E-state index < -0.39 is 0 Å². The van der Waals surface area contributed by atoms with E-state index in [-0.39, 0.29) is 18.1 Å². The Kier molecular flexibility index (Phi) is 4.91. The molecule has 0 saturated heterocycles. The highest BCUT2D eigenvalue weighted by Gasteiger charge is 2.25. The molecule has 1 N–H and O–H groups in total. The Morgan fingerprint density at radius 1 is 1.15 bits per heavy atom. The highest BCUT2D eigenvalue weighted by atomic mass is 16.5. The highest BCUT2D eigenvalue weighted by Crippen LogP contribution is 2.27. The molecule has 3 aromatic rings. The van der Waals surface area contributed by atoms with E-state index in [9.17, 15) is 4.79 Å². The quantitative estimate of drug-likeness (QED) is 0.751. The van der Waals surface area contributed by atoms with Crippen molar-refractivity contribution in [2.45, 2.75) is 37.8 Å². The third-order valence-corrected chi connectivity index (χ3v) is 4.88. The third kappa shape index (κ3) is 3.86. The van der Waals surface area contributed by atoms with E-state index in [1.54, 1.807) is 19.5 Å². The molecule has 0 aromatic carbocycles. The van der Waals surface area contributed by atoms with Crippen LogP contribution in [0.5, 0.6) is 11.8 Å². The van der Waals surface area contributed by atoms with Gasteiger partial charge in [0.25, 0.3) is 17.7 Å². The molecule has 0 bridgehead atoms. The zero-order valence-corrected chi connectivity index (χ0v) is 15.2. The second-order valence-corrected chi connectivity index (χ2v) is 6.70. The molecule has 1 fully saturated rings. The first-order valence-corrected chi connectivity index (χ1v) is 9.12. The maximum Gasteiger partial charge on any atom is 0.278 e. The number of carbonyl (C=O) groups excluding carboxylic acids is 1. The summed E-state index contributed by atoms with van der Waals surface area (Å²) in [5.74, 6) is 0.792. The van der Waals surface area contributed by atoms with Gasteiger partial charge in [0, 0.05) is 36.3 Å². The summed E-state index contributed by atoms with van der Waals surface area (Å²) >= 11 is 0. The number of amides is 1. The minimum absolute atomic E-state index is 0.0290. The highest BCUT2D eigenvalue weighted by molar-refractivity contribution is 5.95. The summed E-state index contributed by atoms with van der Waals surface area (Å²) in [6.07, 6.45) is 10.5. The number of methoxy groups -OCH3 is 1. The molecular formula is C20H22N4O3. The standard InChI is InChI=1S/C20H22N4O3/c1-26-19-20(22-10-9-21-19)27-17-7-5-15(6-8-17)23-18(25)14-12-16-4-2-3-11-24(16)13-14/h2-4,9-13,15,17H,5-8H2,1H3,(H,23,25). The molecule has 0 aliphatic heterocycles. The molecule has 0 radical (unpaired) electrons. The summed E-state index contributed by atoms with van der Waals surface area (Å²) < 4.78 is 13.1. The van der Waals surface area contributed by atoms with E-state index in [0.717, 1.165) is 31.2 Å². The lowest BCUT2D eigenvalue weighted by molar-refractivity contribution is 0.0886. The number of ether oxygens (including phenoxy) is 2. The summed E-state index contributed by atoms with van der Waals surface area (Å²) in [4.78, 5) is 20.8. The average molecular weight is 366 g/mol. The number of fused-ring (bicyclic) bond motifs is 1. The number of nitrogens with one attached hydrogen (secondary N) is 1. The summed E-state index contributed by atoms with van der Waals surface area (Å²) in [5.41, 5.74) is 1.70. The van der Waals surface area contributed by atoms with Crippen molar-refractivity contribution >= 4 is 11.4 Å². The van der Waals surface area contributed by atoms with E-state index in [1.165, 1.54) is 0 Å². The van der Waals surface area contributed by atoms with E-state index in [2.05, 4.69) is 15.3 Å². The molecule has 140 valence electrons. The molecule has 7 heteroatoms. The predicted octanol–water partition coefficient (Wildman–Crippen LogP) is 2.86. The summed E-state index contributed by atoms with van der Waals surface area (Å²) in [6, 6.07) is 7.96. The number of carbonyl (C=O) groups is 1. The van der Waals surface area contributed by atoms with Crippen LogP contribution in [-0.4, -0.2) is 39.5 Å². The molecule has 7 nitrogen and oxygen atoms in total. The van der Waals surface area contributed by atoms with Gasteiger partial charge in [-0.3, -0.25) is 4.79 Å². The largest absolute Gasteiger partial charge is 0.477 e. The molecule has 0 atom stereocenters. The number of aromatic nitrogens is 3. The zero-order valence-electron chi connectivity index (χ0n) is 15.2. The number of pyridine rings is 1.